The summed E-state index contributed by atoms with van der Waals surface area (Å²) >= 11 is 0. The highest BCUT2D eigenvalue weighted by molar-refractivity contribution is 5.78. The Balaban J connectivity index is 1.74. The Bertz CT molecular complexity index is 487. The van der Waals surface area contributed by atoms with E-state index < -0.39 is 0 Å². The van der Waals surface area contributed by atoms with Crippen molar-refractivity contribution in [2.75, 3.05) is 53.6 Å². The van der Waals surface area contributed by atoms with Gasteiger partial charge in [0.2, 0.25) is 5.91 Å². The van der Waals surface area contributed by atoms with Crippen LogP contribution in [0.25, 0.3) is 0 Å². The van der Waals surface area contributed by atoms with Crippen molar-refractivity contribution < 1.29 is 19.0 Å². The number of amides is 1. The van der Waals surface area contributed by atoms with E-state index in [2.05, 4.69) is 10.2 Å². The second-order valence-electron chi connectivity index (χ2n) is 5.18. The molecule has 1 aliphatic heterocycles. The lowest BCUT2D eigenvalue weighted by Gasteiger charge is -2.25. The molecule has 0 aromatic heterocycles. The van der Waals surface area contributed by atoms with Gasteiger partial charge in [-0.1, -0.05) is 6.07 Å². The molecular formula is C16H24N2O4. The van der Waals surface area contributed by atoms with Gasteiger partial charge in [0, 0.05) is 19.6 Å². The van der Waals surface area contributed by atoms with Crippen molar-refractivity contribution in [2.24, 2.45) is 0 Å². The second-order valence-corrected chi connectivity index (χ2v) is 5.18. The first kappa shape index (κ1) is 16.6. The summed E-state index contributed by atoms with van der Waals surface area (Å²) in [6.07, 6.45) is 0.759. The number of nitrogens with zero attached hydrogens (tertiary/aromatic N) is 1. The van der Waals surface area contributed by atoms with Crippen LogP contribution in [-0.4, -0.2) is 64.4 Å². The third kappa shape index (κ3) is 4.89. The summed E-state index contributed by atoms with van der Waals surface area (Å²) < 4.78 is 15.7. The van der Waals surface area contributed by atoms with E-state index in [1.165, 1.54) is 0 Å². The van der Waals surface area contributed by atoms with E-state index in [-0.39, 0.29) is 5.91 Å². The molecule has 0 spiro atoms. The normalized spacial score (nSPS) is 15.4. The topological polar surface area (TPSA) is 60.0 Å². The van der Waals surface area contributed by atoms with Crippen molar-refractivity contribution in [3.8, 4) is 11.5 Å². The van der Waals surface area contributed by atoms with Crippen LogP contribution in [0.1, 0.15) is 5.56 Å². The molecule has 0 atom stereocenters. The van der Waals surface area contributed by atoms with Crippen molar-refractivity contribution in [3.05, 3.63) is 23.8 Å². The monoisotopic (exact) mass is 308 g/mol. The molecule has 122 valence electrons. The molecule has 2 rings (SSSR count). The summed E-state index contributed by atoms with van der Waals surface area (Å²) in [5.41, 5.74) is 1.10. The molecule has 0 radical (unpaired) electrons. The summed E-state index contributed by atoms with van der Waals surface area (Å²) in [6, 6.07) is 5.80. The second kappa shape index (κ2) is 8.60. The van der Waals surface area contributed by atoms with E-state index in [1.54, 1.807) is 14.2 Å². The van der Waals surface area contributed by atoms with E-state index in [9.17, 15) is 4.79 Å². The molecule has 6 heteroatoms. The number of ether oxygens (including phenoxy) is 3. The Morgan fingerprint density at radius 3 is 2.64 bits per heavy atom. The largest absolute Gasteiger partial charge is 0.493 e. The highest BCUT2D eigenvalue weighted by Gasteiger charge is 2.13. The van der Waals surface area contributed by atoms with Crippen molar-refractivity contribution >= 4 is 5.91 Å². The average molecular weight is 308 g/mol. The number of methoxy groups -OCH3 is 2. The molecule has 0 saturated carbocycles. The molecule has 1 amide bonds. The van der Waals surface area contributed by atoms with E-state index in [0.717, 1.165) is 25.1 Å². The van der Waals surface area contributed by atoms with E-state index in [4.69, 9.17) is 14.2 Å². The Labute approximate surface area is 131 Å². The Hall–Kier alpha value is -1.79. The highest BCUT2D eigenvalue weighted by atomic mass is 16.5. The van der Waals surface area contributed by atoms with E-state index >= 15 is 0 Å². The maximum absolute atomic E-state index is 11.9. The van der Waals surface area contributed by atoms with Gasteiger partial charge in [0.05, 0.1) is 34.0 Å². The van der Waals surface area contributed by atoms with Crippen molar-refractivity contribution in [1.29, 1.82) is 0 Å². The van der Waals surface area contributed by atoms with Crippen molar-refractivity contribution in [2.45, 2.75) is 6.42 Å². The zero-order valence-corrected chi connectivity index (χ0v) is 13.3. The lowest BCUT2D eigenvalue weighted by atomic mass is 10.1. The standard InChI is InChI=1S/C16H24N2O4/c1-20-14-4-3-13(11-15(14)21-2)5-6-17-16(19)12-18-7-9-22-10-8-18/h3-4,11H,5-10,12H2,1-2H3,(H,17,19). The minimum Gasteiger partial charge on any atom is -0.493 e. The Morgan fingerprint density at radius 2 is 1.95 bits per heavy atom. The molecule has 6 nitrogen and oxygen atoms in total. The van der Waals surface area contributed by atoms with Crippen molar-refractivity contribution in [3.63, 3.8) is 0 Å². The van der Waals surface area contributed by atoms with Crippen LogP contribution in [0, 0.1) is 0 Å². The summed E-state index contributed by atoms with van der Waals surface area (Å²) in [4.78, 5) is 14.0. The molecule has 1 N–H and O–H groups in total. The molecule has 0 aliphatic carbocycles. The Kier molecular flexibility index (Phi) is 6.48. The van der Waals surface area contributed by atoms with Gasteiger partial charge in [-0.15, -0.1) is 0 Å². The Morgan fingerprint density at radius 1 is 1.23 bits per heavy atom. The number of carbonyl (C=O) groups is 1. The molecule has 1 saturated heterocycles. The first-order valence-electron chi connectivity index (χ1n) is 7.50. The van der Waals surface area contributed by atoms with Crippen molar-refractivity contribution in [1.82, 2.24) is 10.2 Å². The minimum atomic E-state index is 0.0578. The molecule has 1 aromatic rings. The molecule has 0 bridgehead atoms. The van der Waals surface area contributed by atoms with Crippen LogP contribution in [0.5, 0.6) is 11.5 Å². The molecular weight excluding hydrogens is 284 g/mol. The van der Waals surface area contributed by atoms with Crippen LogP contribution in [0.2, 0.25) is 0 Å². The third-order valence-corrected chi connectivity index (χ3v) is 3.65. The van der Waals surface area contributed by atoms with Gasteiger partial charge < -0.3 is 19.5 Å². The van der Waals surface area contributed by atoms with Gasteiger partial charge in [0.1, 0.15) is 0 Å². The molecule has 0 unspecified atom stereocenters. The van der Waals surface area contributed by atoms with Gasteiger partial charge >= 0.3 is 0 Å². The predicted molar refractivity (Wildman–Crippen MR) is 83.5 cm³/mol. The summed E-state index contributed by atoms with van der Waals surface area (Å²) in [5, 5.41) is 2.95. The van der Waals surface area contributed by atoms with E-state index in [1.807, 2.05) is 18.2 Å². The van der Waals surface area contributed by atoms with Gasteiger partial charge in [-0.3, -0.25) is 9.69 Å². The zero-order chi connectivity index (χ0) is 15.8. The lowest BCUT2D eigenvalue weighted by Crippen LogP contribution is -2.43. The van der Waals surface area contributed by atoms with Crippen LogP contribution in [0.15, 0.2) is 18.2 Å². The highest BCUT2D eigenvalue weighted by Crippen LogP contribution is 2.27. The number of hydrogen-bond acceptors (Lipinski definition) is 5. The number of rotatable bonds is 7. The fraction of sp³-hybridized carbons (Fsp3) is 0.562. The molecule has 1 aromatic carbocycles. The average Bonchev–Trinajstić information content (AvgIpc) is 2.55. The maximum atomic E-state index is 11.9. The lowest BCUT2D eigenvalue weighted by molar-refractivity contribution is -0.123. The van der Waals surface area contributed by atoms with Crippen LogP contribution in [0.4, 0.5) is 0 Å². The quantitative estimate of drug-likeness (QED) is 0.803. The smallest absolute Gasteiger partial charge is 0.234 e. The van der Waals surface area contributed by atoms with Crippen LogP contribution in [0.3, 0.4) is 0 Å². The van der Waals surface area contributed by atoms with E-state index in [0.29, 0.717) is 37.8 Å². The van der Waals surface area contributed by atoms with Gasteiger partial charge in [0.15, 0.2) is 11.5 Å². The fourth-order valence-electron chi connectivity index (χ4n) is 2.40. The summed E-state index contributed by atoms with van der Waals surface area (Å²) in [7, 11) is 3.23. The van der Waals surface area contributed by atoms with Crippen LogP contribution in [-0.2, 0) is 16.0 Å². The molecule has 1 aliphatic rings. The van der Waals surface area contributed by atoms with Gasteiger partial charge in [-0.25, -0.2) is 0 Å². The third-order valence-electron chi connectivity index (χ3n) is 3.65. The number of hydrogen-bond donors (Lipinski definition) is 1. The number of nitrogens with one attached hydrogen (secondary N) is 1. The zero-order valence-electron chi connectivity index (χ0n) is 13.3. The maximum Gasteiger partial charge on any atom is 0.234 e. The summed E-state index contributed by atoms with van der Waals surface area (Å²) in [5.74, 6) is 1.48. The SMILES string of the molecule is COc1ccc(CCNC(=O)CN2CCOCC2)cc1OC. The number of morpholine rings is 1. The predicted octanol–water partition coefficient (Wildman–Crippen LogP) is 0.695. The number of benzene rings is 1. The van der Waals surface area contributed by atoms with Gasteiger partial charge in [-0.2, -0.15) is 0 Å². The van der Waals surface area contributed by atoms with Crippen LogP contribution >= 0.6 is 0 Å². The molecule has 1 fully saturated rings. The molecule has 22 heavy (non-hydrogen) atoms. The number of carbonyl (C=O) groups excluding carboxylic acids is 1. The molecule has 1 heterocycles. The first-order chi connectivity index (χ1) is 10.7. The summed E-state index contributed by atoms with van der Waals surface area (Å²) in [6.45, 7) is 4.11. The van der Waals surface area contributed by atoms with Gasteiger partial charge in [0.25, 0.3) is 0 Å². The minimum absolute atomic E-state index is 0.0578. The van der Waals surface area contributed by atoms with Gasteiger partial charge in [-0.05, 0) is 24.1 Å². The first-order valence-corrected chi connectivity index (χ1v) is 7.50. The fourth-order valence-corrected chi connectivity index (χ4v) is 2.40. The van der Waals surface area contributed by atoms with Crippen LogP contribution < -0.4 is 14.8 Å².